The number of ketones is 1. The molecule has 0 heterocycles. The highest BCUT2D eigenvalue weighted by Crippen LogP contribution is 2.45. The summed E-state index contributed by atoms with van der Waals surface area (Å²) >= 11 is 9.30. The normalized spacial score (nSPS) is 17.6. The molecule has 0 bridgehead atoms. The monoisotopic (exact) mass is 302 g/mol. The summed E-state index contributed by atoms with van der Waals surface area (Å²) in [5.41, 5.74) is -2.16. The SMILES string of the molecule is CC1=CC(=C(C(F)(F)Cl)C(F)(F)Cl)C=C(C)C1=O. The van der Waals surface area contributed by atoms with Crippen molar-refractivity contribution in [1.29, 1.82) is 0 Å². The van der Waals surface area contributed by atoms with Crippen LogP contribution in [-0.2, 0) is 4.79 Å². The fourth-order valence-corrected chi connectivity index (χ4v) is 2.09. The molecule has 1 nitrogen and oxygen atoms in total. The largest absolute Gasteiger partial charge is 0.352 e. The third-order valence-electron chi connectivity index (χ3n) is 2.32. The smallest absolute Gasteiger partial charge is 0.289 e. The molecule has 0 aromatic rings. The molecule has 7 heteroatoms. The van der Waals surface area contributed by atoms with E-state index in [4.69, 9.17) is 0 Å². The van der Waals surface area contributed by atoms with E-state index in [0.717, 1.165) is 12.2 Å². The second-order valence-electron chi connectivity index (χ2n) is 3.81. The summed E-state index contributed by atoms with van der Waals surface area (Å²) in [7, 11) is 0. The Morgan fingerprint density at radius 3 is 1.61 bits per heavy atom. The number of carbonyl (C=O) groups is 1. The first-order valence-electron chi connectivity index (χ1n) is 4.74. The van der Waals surface area contributed by atoms with Crippen LogP contribution in [0.15, 0.2) is 34.4 Å². The van der Waals surface area contributed by atoms with E-state index in [2.05, 4.69) is 23.2 Å². The Hall–Kier alpha value is -0.810. The van der Waals surface area contributed by atoms with Crippen LogP contribution in [0.1, 0.15) is 13.8 Å². The maximum atomic E-state index is 13.0. The average Bonchev–Trinajstić information content (AvgIpc) is 2.08. The van der Waals surface area contributed by atoms with Gasteiger partial charge in [0.25, 0.3) is 0 Å². The van der Waals surface area contributed by atoms with E-state index < -0.39 is 27.7 Å². The van der Waals surface area contributed by atoms with E-state index in [-0.39, 0.29) is 11.1 Å². The molecule has 0 atom stereocenters. The minimum Gasteiger partial charge on any atom is -0.289 e. The zero-order chi connectivity index (χ0) is 14.3. The van der Waals surface area contributed by atoms with Crippen LogP contribution in [0.4, 0.5) is 17.6 Å². The Kier molecular flexibility index (Phi) is 3.98. The molecule has 0 spiro atoms. The molecule has 0 N–H and O–H groups in total. The second kappa shape index (κ2) is 4.70. The van der Waals surface area contributed by atoms with E-state index in [1.165, 1.54) is 13.8 Å². The van der Waals surface area contributed by atoms with Crippen molar-refractivity contribution >= 4 is 29.0 Å². The molecule has 0 saturated carbocycles. The van der Waals surface area contributed by atoms with Gasteiger partial charge in [0.1, 0.15) is 5.57 Å². The van der Waals surface area contributed by atoms with Crippen molar-refractivity contribution in [2.45, 2.75) is 24.6 Å². The summed E-state index contributed by atoms with van der Waals surface area (Å²) in [5.74, 6) is -0.408. The number of rotatable bonds is 2. The zero-order valence-electron chi connectivity index (χ0n) is 9.33. The zero-order valence-corrected chi connectivity index (χ0v) is 10.8. The fourth-order valence-electron chi connectivity index (χ4n) is 1.58. The lowest BCUT2D eigenvalue weighted by Gasteiger charge is -2.21. The standard InChI is InChI=1S/C11H8Cl2F4O/c1-5-3-7(4-6(2)8(5)18)9(10(12,14)15)11(13,16)17/h3-4H,1-2H3. The minimum absolute atomic E-state index is 0.0596. The Labute approximate surface area is 111 Å². The molecular weight excluding hydrogens is 295 g/mol. The predicted molar refractivity (Wildman–Crippen MR) is 61.1 cm³/mol. The number of allylic oxidation sites excluding steroid dienone is 6. The van der Waals surface area contributed by atoms with E-state index in [9.17, 15) is 22.4 Å². The van der Waals surface area contributed by atoms with Crippen molar-refractivity contribution in [3.8, 4) is 0 Å². The minimum atomic E-state index is -4.31. The maximum Gasteiger partial charge on any atom is 0.352 e. The number of alkyl halides is 6. The van der Waals surface area contributed by atoms with E-state index in [0.29, 0.717) is 0 Å². The number of hydrogen-bond donors (Lipinski definition) is 0. The number of carbonyl (C=O) groups excluding carboxylic acids is 1. The summed E-state index contributed by atoms with van der Waals surface area (Å²) in [6, 6.07) is 0. The van der Waals surface area contributed by atoms with Gasteiger partial charge in [-0.3, -0.25) is 4.79 Å². The average molecular weight is 303 g/mol. The predicted octanol–water partition coefficient (Wildman–Crippen LogP) is 4.42. The van der Waals surface area contributed by atoms with Gasteiger partial charge >= 0.3 is 10.8 Å². The molecule has 0 fully saturated rings. The third kappa shape index (κ3) is 3.14. The molecule has 0 amide bonds. The maximum absolute atomic E-state index is 13.0. The Bertz CT molecular complexity index is 438. The lowest BCUT2D eigenvalue weighted by atomic mass is 9.93. The van der Waals surface area contributed by atoms with Crippen molar-refractivity contribution in [3.63, 3.8) is 0 Å². The molecule has 100 valence electrons. The van der Waals surface area contributed by atoms with E-state index in [1.54, 1.807) is 0 Å². The van der Waals surface area contributed by atoms with Gasteiger partial charge < -0.3 is 0 Å². The van der Waals surface area contributed by atoms with Crippen LogP contribution in [0, 0.1) is 0 Å². The number of Topliss-reactive ketones (excluding diaryl/α,β-unsaturated/α-hetero) is 1. The molecule has 0 aromatic carbocycles. The lowest BCUT2D eigenvalue weighted by Crippen LogP contribution is -2.26. The van der Waals surface area contributed by atoms with Crippen LogP contribution in [0.25, 0.3) is 0 Å². The quantitative estimate of drug-likeness (QED) is 0.545. The molecule has 0 unspecified atom stereocenters. The fraction of sp³-hybridized carbons (Fsp3) is 0.364. The molecule has 0 aromatic heterocycles. The highest BCUT2D eigenvalue weighted by Gasteiger charge is 2.49. The van der Waals surface area contributed by atoms with Crippen LogP contribution in [0.2, 0.25) is 0 Å². The highest BCUT2D eigenvalue weighted by molar-refractivity contribution is 6.28. The Morgan fingerprint density at radius 2 is 1.33 bits per heavy atom. The first-order chi connectivity index (χ1) is 7.94. The molecular formula is C11H8Cl2F4O. The van der Waals surface area contributed by atoms with E-state index in [1.807, 2.05) is 0 Å². The van der Waals surface area contributed by atoms with Crippen molar-refractivity contribution in [2.75, 3.05) is 0 Å². The second-order valence-corrected chi connectivity index (χ2v) is 4.76. The molecule has 0 radical (unpaired) electrons. The Balaban J connectivity index is 3.54. The number of halogens is 6. The summed E-state index contributed by atoms with van der Waals surface area (Å²) in [6.07, 6.45) is 1.83. The van der Waals surface area contributed by atoms with Gasteiger partial charge in [-0.05, 0) is 65.9 Å². The first-order valence-corrected chi connectivity index (χ1v) is 5.50. The summed E-state index contributed by atoms with van der Waals surface area (Å²) in [4.78, 5) is 11.4. The van der Waals surface area contributed by atoms with Gasteiger partial charge in [-0.2, -0.15) is 17.6 Å². The molecule has 1 aliphatic rings. The van der Waals surface area contributed by atoms with Gasteiger partial charge in [0.05, 0.1) is 0 Å². The van der Waals surface area contributed by atoms with Gasteiger partial charge in [0.15, 0.2) is 5.78 Å². The van der Waals surface area contributed by atoms with Crippen LogP contribution in [0.3, 0.4) is 0 Å². The van der Waals surface area contributed by atoms with Crippen molar-refractivity contribution in [3.05, 3.63) is 34.4 Å². The lowest BCUT2D eigenvalue weighted by molar-refractivity contribution is -0.112. The van der Waals surface area contributed by atoms with Crippen LogP contribution < -0.4 is 0 Å². The molecule has 1 aliphatic carbocycles. The van der Waals surface area contributed by atoms with Gasteiger partial charge in [0, 0.05) is 0 Å². The third-order valence-corrected chi connectivity index (χ3v) is 2.69. The first kappa shape index (κ1) is 15.2. The van der Waals surface area contributed by atoms with Crippen molar-refractivity contribution < 1.29 is 22.4 Å². The van der Waals surface area contributed by atoms with Gasteiger partial charge in [-0.1, -0.05) is 0 Å². The van der Waals surface area contributed by atoms with Gasteiger partial charge in [-0.15, -0.1) is 0 Å². The molecule has 0 saturated heterocycles. The van der Waals surface area contributed by atoms with Crippen molar-refractivity contribution in [2.24, 2.45) is 0 Å². The van der Waals surface area contributed by atoms with E-state index >= 15 is 0 Å². The van der Waals surface area contributed by atoms with Crippen LogP contribution in [-0.4, -0.2) is 16.5 Å². The van der Waals surface area contributed by atoms with Crippen molar-refractivity contribution in [1.82, 2.24) is 0 Å². The summed E-state index contributed by atoms with van der Waals surface area (Å²) in [6.45, 7) is 2.66. The van der Waals surface area contributed by atoms with Crippen LogP contribution >= 0.6 is 23.2 Å². The summed E-state index contributed by atoms with van der Waals surface area (Å²) < 4.78 is 52.1. The topological polar surface area (TPSA) is 17.1 Å². The molecule has 0 aliphatic heterocycles. The molecule has 1 rings (SSSR count). The Morgan fingerprint density at radius 1 is 1.00 bits per heavy atom. The van der Waals surface area contributed by atoms with Gasteiger partial charge in [-0.25, -0.2) is 0 Å². The highest BCUT2D eigenvalue weighted by atomic mass is 35.5. The van der Waals surface area contributed by atoms with Gasteiger partial charge in [0.2, 0.25) is 0 Å². The summed E-state index contributed by atoms with van der Waals surface area (Å²) in [5, 5.41) is -8.62. The number of hydrogen-bond acceptors (Lipinski definition) is 1. The van der Waals surface area contributed by atoms with Crippen LogP contribution in [0.5, 0.6) is 0 Å². The molecule has 18 heavy (non-hydrogen) atoms.